The Bertz CT molecular complexity index is 632. The number of hydrogen-bond donors (Lipinski definition) is 1. The lowest BCUT2D eigenvalue weighted by Gasteiger charge is -2.08. The normalized spacial score (nSPS) is 10.2. The molecule has 5 nitrogen and oxygen atoms in total. The van der Waals surface area contributed by atoms with Gasteiger partial charge in [0.15, 0.2) is 5.69 Å². The summed E-state index contributed by atoms with van der Waals surface area (Å²) in [6.07, 6.45) is 1.62. The van der Waals surface area contributed by atoms with E-state index >= 15 is 0 Å². The number of ether oxygens (including phenoxy) is 1. The third kappa shape index (κ3) is 3.45. The maximum atomic E-state index is 12.1. The van der Waals surface area contributed by atoms with Crippen LogP contribution in [0.5, 0.6) is 5.88 Å². The molecule has 0 bridgehead atoms. The first-order valence-electron chi connectivity index (χ1n) is 6.13. The first-order chi connectivity index (χ1) is 9.60. The van der Waals surface area contributed by atoms with Crippen molar-refractivity contribution in [1.29, 1.82) is 0 Å². The number of carbonyl (C=O) groups is 1. The number of aryl methyl sites for hydroxylation is 1. The second-order valence-corrected chi connectivity index (χ2v) is 4.49. The van der Waals surface area contributed by atoms with Gasteiger partial charge in [-0.25, -0.2) is 9.97 Å². The Kier molecular flexibility index (Phi) is 4.53. The molecule has 104 valence electrons. The van der Waals surface area contributed by atoms with E-state index in [0.717, 1.165) is 5.56 Å². The molecule has 0 radical (unpaired) electrons. The van der Waals surface area contributed by atoms with Crippen molar-refractivity contribution in [2.45, 2.75) is 13.8 Å². The minimum atomic E-state index is -0.422. The highest BCUT2D eigenvalue weighted by Crippen LogP contribution is 2.19. The van der Waals surface area contributed by atoms with Crippen molar-refractivity contribution in [1.82, 2.24) is 9.97 Å². The van der Waals surface area contributed by atoms with Gasteiger partial charge in [0.2, 0.25) is 5.88 Å². The third-order valence-corrected chi connectivity index (χ3v) is 2.79. The molecule has 1 N–H and O–H groups in total. The number of aromatic nitrogens is 2. The van der Waals surface area contributed by atoms with Crippen LogP contribution in [-0.4, -0.2) is 22.5 Å². The quantitative estimate of drug-likeness (QED) is 0.940. The molecule has 0 atom stereocenters. The van der Waals surface area contributed by atoms with Gasteiger partial charge < -0.3 is 10.1 Å². The Balaban J connectivity index is 2.22. The lowest BCUT2D eigenvalue weighted by Crippen LogP contribution is -2.15. The maximum absolute atomic E-state index is 12.1. The van der Waals surface area contributed by atoms with E-state index in [1.165, 1.54) is 0 Å². The molecule has 0 aromatic carbocycles. The largest absolute Gasteiger partial charge is 0.478 e. The highest BCUT2D eigenvalue weighted by Gasteiger charge is 2.14. The molecule has 0 aliphatic rings. The Labute approximate surface area is 122 Å². The molecule has 2 rings (SSSR count). The van der Waals surface area contributed by atoms with Crippen LogP contribution in [0, 0.1) is 6.92 Å². The molecule has 2 aromatic rings. The second-order valence-electron chi connectivity index (χ2n) is 4.09. The number of nitrogens with one attached hydrogen (secondary N) is 1. The van der Waals surface area contributed by atoms with E-state index < -0.39 is 5.91 Å². The topological polar surface area (TPSA) is 64.1 Å². The van der Waals surface area contributed by atoms with Gasteiger partial charge in [-0.2, -0.15) is 0 Å². The molecule has 1 amide bonds. The molecule has 20 heavy (non-hydrogen) atoms. The Morgan fingerprint density at radius 1 is 1.40 bits per heavy atom. The predicted molar refractivity (Wildman–Crippen MR) is 77.3 cm³/mol. The molecule has 2 aromatic heterocycles. The van der Waals surface area contributed by atoms with Crippen LogP contribution in [0.4, 0.5) is 5.82 Å². The minimum absolute atomic E-state index is 0.112. The summed E-state index contributed by atoms with van der Waals surface area (Å²) in [5.74, 6) is 0.392. The molecule has 0 unspecified atom stereocenters. The van der Waals surface area contributed by atoms with E-state index in [1.54, 1.807) is 24.4 Å². The van der Waals surface area contributed by atoms with Crippen molar-refractivity contribution in [3.8, 4) is 5.88 Å². The minimum Gasteiger partial charge on any atom is -0.478 e. The predicted octanol–water partition coefficient (Wildman–Crippen LogP) is 3.09. The molecule has 0 saturated carbocycles. The summed E-state index contributed by atoms with van der Waals surface area (Å²) < 4.78 is 5.26. The van der Waals surface area contributed by atoms with Crippen LogP contribution in [0.3, 0.4) is 0 Å². The summed E-state index contributed by atoms with van der Waals surface area (Å²) in [5, 5.41) is 2.92. The van der Waals surface area contributed by atoms with E-state index in [2.05, 4.69) is 15.3 Å². The highest BCUT2D eigenvalue weighted by molar-refractivity contribution is 6.34. The fourth-order valence-electron chi connectivity index (χ4n) is 1.59. The van der Waals surface area contributed by atoms with Gasteiger partial charge in [-0.05, 0) is 37.6 Å². The molecule has 6 heteroatoms. The van der Waals surface area contributed by atoms with Crippen molar-refractivity contribution in [3.63, 3.8) is 0 Å². The average molecular weight is 292 g/mol. The van der Waals surface area contributed by atoms with Gasteiger partial charge >= 0.3 is 0 Å². The van der Waals surface area contributed by atoms with Crippen molar-refractivity contribution in [2.24, 2.45) is 0 Å². The monoisotopic (exact) mass is 291 g/mol. The van der Waals surface area contributed by atoms with Gasteiger partial charge in [0.25, 0.3) is 5.91 Å². The Morgan fingerprint density at radius 3 is 2.90 bits per heavy atom. The van der Waals surface area contributed by atoms with E-state index in [0.29, 0.717) is 18.3 Å². The standard InChI is InChI=1S/C14H14ClN3O2/c1-3-20-12-5-4-10(15)13(18-12)14(19)17-11-8-9(2)6-7-16-11/h4-8H,3H2,1-2H3,(H,16,17,19). The number of amides is 1. The Morgan fingerprint density at radius 2 is 2.20 bits per heavy atom. The van der Waals surface area contributed by atoms with E-state index in [-0.39, 0.29) is 10.7 Å². The number of anilines is 1. The van der Waals surface area contributed by atoms with Crippen LogP contribution in [0.1, 0.15) is 23.0 Å². The smallest absolute Gasteiger partial charge is 0.277 e. The van der Waals surface area contributed by atoms with E-state index in [9.17, 15) is 4.79 Å². The summed E-state index contributed by atoms with van der Waals surface area (Å²) in [6, 6.07) is 6.81. The second kappa shape index (κ2) is 6.34. The molecule has 0 aliphatic carbocycles. The summed E-state index contributed by atoms with van der Waals surface area (Å²) in [4.78, 5) is 20.3. The van der Waals surface area contributed by atoms with Crippen LogP contribution >= 0.6 is 11.6 Å². The fraction of sp³-hybridized carbons (Fsp3) is 0.214. The number of rotatable bonds is 4. The van der Waals surface area contributed by atoms with Gasteiger partial charge in [-0.1, -0.05) is 11.6 Å². The molecule has 2 heterocycles. The highest BCUT2D eigenvalue weighted by atomic mass is 35.5. The van der Waals surface area contributed by atoms with Gasteiger partial charge in [-0.15, -0.1) is 0 Å². The van der Waals surface area contributed by atoms with Crippen LogP contribution in [0.25, 0.3) is 0 Å². The first-order valence-corrected chi connectivity index (χ1v) is 6.51. The zero-order valence-corrected chi connectivity index (χ0v) is 11.9. The number of nitrogens with zero attached hydrogens (tertiary/aromatic N) is 2. The summed E-state index contributed by atoms with van der Waals surface area (Å²) >= 11 is 5.99. The molecule has 0 aliphatic heterocycles. The number of hydrogen-bond acceptors (Lipinski definition) is 4. The summed E-state index contributed by atoms with van der Waals surface area (Å²) in [5.41, 5.74) is 1.11. The van der Waals surface area contributed by atoms with Gasteiger partial charge in [0, 0.05) is 12.3 Å². The molecule has 0 saturated heterocycles. The summed E-state index contributed by atoms with van der Waals surface area (Å²) in [7, 11) is 0. The van der Waals surface area contributed by atoms with Gasteiger partial charge in [0.1, 0.15) is 5.82 Å². The van der Waals surface area contributed by atoms with Crippen molar-refractivity contribution >= 4 is 23.3 Å². The van der Waals surface area contributed by atoms with Gasteiger partial charge in [-0.3, -0.25) is 4.79 Å². The maximum Gasteiger partial charge on any atom is 0.277 e. The fourth-order valence-corrected chi connectivity index (χ4v) is 1.78. The third-order valence-electron chi connectivity index (χ3n) is 2.48. The molecular formula is C14H14ClN3O2. The molecule has 0 fully saturated rings. The number of carbonyl (C=O) groups excluding carboxylic acids is 1. The van der Waals surface area contributed by atoms with Crippen molar-refractivity contribution in [2.75, 3.05) is 11.9 Å². The zero-order chi connectivity index (χ0) is 14.5. The van der Waals surface area contributed by atoms with E-state index in [1.807, 2.05) is 19.9 Å². The van der Waals surface area contributed by atoms with Crippen LogP contribution < -0.4 is 10.1 Å². The first kappa shape index (κ1) is 14.3. The molecular weight excluding hydrogens is 278 g/mol. The Hall–Kier alpha value is -2.14. The van der Waals surface area contributed by atoms with Crippen LogP contribution in [-0.2, 0) is 0 Å². The summed E-state index contributed by atoms with van der Waals surface area (Å²) in [6.45, 7) is 4.22. The van der Waals surface area contributed by atoms with Crippen LogP contribution in [0.15, 0.2) is 30.5 Å². The lowest BCUT2D eigenvalue weighted by molar-refractivity contribution is 0.102. The average Bonchev–Trinajstić information content (AvgIpc) is 2.41. The van der Waals surface area contributed by atoms with Crippen LogP contribution in [0.2, 0.25) is 5.02 Å². The van der Waals surface area contributed by atoms with Crippen molar-refractivity contribution in [3.05, 3.63) is 46.7 Å². The van der Waals surface area contributed by atoms with E-state index in [4.69, 9.17) is 16.3 Å². The number of pyridine rings is 2. The molecule has 0 spiro atoms. The zero-order valence-electron chi connectivity index (χ0n) is 11.2. The number of halogens is 1. The lowest BCUT2D eigenvalue weighted by atomic mass is 10.3. The van der Waals surface area contributed by atoms with Gasteiger partial charge in [0.05, 0.1) is 11.6 Å². The SMILES string of the molecule is CCOc1ccc(Cl)c(C(=O)Nc2cc(C)ccn2)n1. The van der Waals surface area contributed by atoms with Crippen molar-refractivity contribution < 1.29 is 9.53 Å².